The van der Waals surface area contributed by atoms with E-state index < -0.39 is 7.12 Å². The van der Waals surface area contributed by atoms with E-state index in [2.05, 4.69) is 79.2 Å². The van der Waals surface area contributed by atoms with Gasteiger partial charge in [-0.3, -0.25) is 0 Å². The SMILES string of the molecule is CC(C)(C)c1ccc(Nc2cc(-n3c4ccccc4c4ccccc43)ccc2B(O)O)cc1. The van der Waals surface area contributed by atoms with Gasteiger partial charge in [-0.15, -0.1) is 0 Å². The Kier molecular flexibility index (Phi) is 5.24. The monoisotopic (exact) mass is 434 g/mol. The zero-order valence-corrected chi connectivity index (χ0v) is 19.1. The molecule has 0 spiro atoms. The first-order chi connectivity index (χ1) is 15.8. The number of nitrogens with one attached hydrogen (secondary N) is 1. The molecule has 0 saturated carbocycles. The minimum absolute atomic E-state index is 0.0709. The van der Waals surface area contributed by atoms with Crippen molar-refractivity contribution in [3.8, 4) is 5.69 Å². The molecule has 0 amide bonds. The number of anilines is 2. The maximum Gasteiger partial charge on any atom is 0.490 e. The van der Waals surface area contributed by atoms with E-state index in [1.807, 2.05) is 36.4 Å². The Morgan fingerprint density at radius 3 is 1.85 bits per heavy atom. The summed E-state index contributed by atoms with van der Waals surface area (Å²) in [5, 5.41) is 25.8. The molecule has 4 aromatic carbocycles. The Morgan fingerprint density at radius 1 is 0.727 bits per heavy atom. The second-order valence-corrected chi connectivity index (χ2v) is 9.47. The van der Waals surface area contributed by atoms with Gasteiger partial charge in [-0.1, -0.05) is 75.4 Å². The van der Waals surface area contributed by atoms with Crippen LogP contribution in [-0.4, -0.2) is 21.7 Å². The Morgan fingerprint density at radius 2 is 1.30 bits per heavy atom. The molecule has 0 bridgehead atoms. The van der Waals surface area contributed by atoms with E-state index in [4.69, 9.17) is 0 Å². The molecule has 0 saturated heterocycles. The maximum absolute atomic E-state index is 10.0. The summed E-state index contributed by atoms with van der Waals surface area (Å²) in [4.78, 5) is 0. The molecule has 0 fully saturated rings. The van der Waals surface area contributed by atoms with E-state index in [0.717, 1.165) is 22.4 Å². The Balaban J connectivity index is 1.64. The summed E-state index contributed by atoms with van der Waals surface area (Å²) < 4.78 is 2.21. The van der Waals surface area contributed by atoms with Gasteiger partial charge in [0, 0.05) is 33.3 Å². The van der Waals surface area contributed by atoms with Crippen LogP contribution in [-0.2, 0) is 5.41 Å². The lowest BCUT2D eigenvalue weighted by Crippen LogP contribution is -2.32. The van der Waals surface area contributed by atoms with Gasteiger partial charge in [-0.05, 0) is 47.4 Å². The highest BCUT2D eigenvalue weighted by molar-refractivity contribution is 6.60. The first-order valence-electron chi connectivity index (χ1n) is 11.2. The Bertz CT molecular complexity index is 1390. The average molecular weight is 434 g/mol. The van der Waals surface area contributed by atoms with E-state index in [0.29, 0.717) is 11.2 Å². The molecule has 0 aliphatic rings. The van der Waals surface area contributed by atoms with Crippen molar-refractivity contribution in [1.29, 1.82) is 0 Å². The van der Waals surface area contributed by atoms with Gasteiger partial charge in [0.2, 0.25) is 0 Å². The predicted octanol–water partition coefficient (Wildman–Crippen LogP) is 5.50. The molecule has 4 nitrogen and oxygen atoms in total. The van der Waals surface area contributed by atoms with E-state index >= 15 is 0 Å². The first kappa shape index (κ1) is 21.3. The van der Waals surface area contributed by atoms with Gasteiger partial charge in [-0.2, -0.15) is 0 Å². The molecule has 0 aliphatic carbocycles. The molecule has 3 N–H and O–H groups in total. The molecule has 1 heterocycles. The summed E-state index contributed by atoms with van der Waals surface area (Å²) in [6, 6.07) is 30.6. The molecule has 0 radical (unpaired) electrons. The molecule has 5 aromatic rings. The van der Waals surface area contributed by atoms with Crippen molar-refractivity contribution in [1.82, 2.24) is 4.57 Å². The zero-order valence-electron chi connectivity index (χ0n) is 19.1. The van der Waals surface area contributed by atoms with Crippen LogP contribution in [0.15, 0.2) is 91.0 Å². The lowest BCUT2D eigenvalue weighted by molar-refractivity contribution is 0.426. The molecule has 0 aliphatic heterocycles. The van der Waals surface area contributed by atoms with Crippen molar-refractivity contribution in [3.05, 3.63) is 96.6 Å². The van der Waals surface area contributed by atoms with Gasteiger partial charge in [-0.25, -0.2) is 0 Å². The number of aromatic nitrogens is 1. The number of para-hydroxylation sites is 2. The Labute approximate surface area is 194 Å². The van der Waals surface area contributed by atoms with Gasteiger partial charge in [0.25, 0.3) is 0 Å². The highest BCUT2D eigenvalue weighted by Gasteiger charge is 2.19. The highest BCUT2D eigenvalue weighted by Crippen LogP contribution is 2.32. The molecule has 1 aromatic heterocycles. The van der Waals surface area contributed by atoms with Crippen molar-refractivity contribution in [2.75, 3.05) is 5.32 Å². The van der Waals surface area contributed by atoms with Crippen LogP contribution in [0.1, 0.15) is 26.3 Å². The van der Waals surface area contributed by atoms with Gasteiger partial charge < -0.3 is 19.9 Å². The normalized spacial score (nSPS) is 11.8. The number of rotatable bonds is 4. The zero-order chi connectivity index (χ0) is 23.2. The average Bonchev–Trinajstić information content (AvgIpc) is 3.13. The summed E-state index contributed by atoms with van der Waals surface area (Å²) >= 11 is 0. The predicted molar refractivity (Wildman–Crippen MR) is 139 cm³/mol. The van der Waals surface area contributed by atoms with Crippen molar-refractivity contribution in [2.45, 2.75) is 26.2 Å². The summed E-state index contributed by atoms with van der Waals surface area (Å²) in [5.74, 6) is 0. The van der Waals surface area contributed by atoms with Crippen molar-refractivity contribution >= 4 is 45.8 Å². The van der Waals surface area contributed by atoms with Gasteiger partial charge in [0.05, 0.1) is 11.0 Å². The van der Waals surface area contributed by atoms with E-state index in [-0.39, 0.29) is 5.41 Å². The standard InChI is InChI=1S/C28H27BN2O2/c1-28(2,3)19-12-14-20(15-13-19)30-25-18-21(16-17-24(25)29(32)33)31-26-10-6-4-8-22(26)23-9-5-7-11-27(23)31/h4-18,30,32-33H,1-3H3. The number of hydrogen-bond donors (Lipinski definition) is 3. The molecule has 5 rings (SSSR count). The maximum atomic E-state index is 10.0. The van der Waals surface area contributed by atoms with E-state index in [9.17, 15) is 10.0 Å². The van der Waals surface area contributed by atoms with Crippen LogP contribution in [0.4, 0.5) is 11.4 Å². The molecule has 5 heteroatoms. The summed E-state index contributed by atoms with van der Waals surface area (Å²) in [6.07, 6.45) is 0. The van der Waals surface area contributed by atoms with Crippen molar-refractivity contribution in [3.63, 3.8) is 0 Å². The summed E-state index contributed by atoms with van der Waals surface area (Å²) in [7, 11) is -1.58. The van der Waals surface area contributed by atoms with Crippen LogP contribution in [0, 0.1) is 0 Å². The van der Waals surface area contributed by atoms with Crippen LogP contribution in [0.3, 0.4) is 0 Å². The third kappa shape index (κ3) is 3.90. The van der Waals surface area contributed by atoms with Crippen LogP contribution >= 0.6 is 0 Å². The van der Waals surface area contributed by atoms with Gasteiger partial charge in [0.15, 0.2) is 0 Å². The topological polar surface area (TPSA) is 57.4 Å². The van der Waals surface area contributed by atoms with E-state index in [1.165, 1.54) is 16.3 Å². The first-order valence-corrected chi connectivity index (χ1v) is 11.2. The van der Waals surface area contributed by atoms with E-state index in [1.54, 1.807) is 6.07 Å². The molecule has 0 atom stereocenters. The minimum atomic E-state index is -1.58. The largest absolute Gasteiger partial charge is 0.490 e. The van der Waals surface area contributed by atoms with Gasteiger partial charge >= 0.3 is 7.12 Å². The van der Waals surface area contributed by atoms with Crippen LogP contribution in [0.25, 0.3) is 27.5 Å². The summed E-state index contributed by atoms with van der Waals surface area (Å²) in [5.41, 5.74) is 6.46. The van der Waals surface area contributed by atoms with Crippen molar-refractivity contribution in [2.24, 2.45) is 0 Å². The minimum Gasteiger partial charge on any atom is -0.423 e. The fourth-order valence-electron chi connectivity index (χ4n) is 4.43. The smallest absolute Gasteiger partial charge is 0.423 e. The summed E-state index contributed by atoms with van der Waals surface area (Å²) in [6.45, 7) is 6.56. The lowest BCUT2D eigenvalue weighted by Gasteiger charge is -2.20. The lowest BCUT2D eigenvalue weighted by atomic mass is 9.78. The number of hydrogen-bond acceptors (Lipinski definition) is 3. The molecule has 0 unspecified atom stereocenters. The molecular weight excluding hydrogens is 407 g/mol. The molecular formula is C28H27BN2O2. The Hall–Kier alpha value is -3.54. The van der Waals surface area contributed by atoms with Gasteiger partial charge in [0.1, 0.15) is 0 Å². The second kappa shape index (κ2) is 8.11. The fraction of sp³-hybridized carbons (Fsp3) is 0.143. The number of fused-ring (bicyclic) bond motifs is 3. The number of benzene rings is 4. The fourth-order valence-corrected chi connectivity index (χ4v) is 4.43. The third-order valence-corrected chi connectivity index (χ3v) is 6.18. The number of nitrogens with zero attached hydrogens (tertiary/aromatic N) is 1. The molecule has 164 valence electrons. The van der Waals surface area contributed by atoms with Crippen LogP contribution in [0.2, 0.25) is 0 Å². The van der Waals surface area contributed by atoms with Crippen LogP contribution in [0.5, 0.6) is 0 Å². The van der Waals surface area contributed by atoms with Crippen LogP contribution < -0.4 is 10.8 Å². The quantitative estimate of drug-likeness (QED) is 0.327. The van der Waals surface area contributed by atoms with Crippen molar-refractivity contribution < 1.29 is 10.0 Å². The third-order valence-electron chi connectivity index (χ3n) is 6.18. The molecule has 33 heavy (non-hydrogen) atoms. The second-order valence-electron chi connectivity index (χ2n) is 9.47. The highest BCUT2D eigenvalue weighted by atomic mass is 16.4.